The van der Waals surface area contributed by atoms with Gasteiger partial charge in [0.05, 0.1) is 44.3 Å². The Morgan fingerprint density at radius 3 is 2.31 bits per heavy atom. The first-order valence-electron chi connectivity index (χ1n) is 10.3. The molecule has 3 aromatic heterocycles. The number of methoxy groups -OCH3 is 2. The quantitative estimate of drug-likeness (QED) is 0.362. The number of para-hydroxylation sites is 1. The van der Waals surface area contributed by atoms with Crippen LogP contribution in [0.25, 0.3) is 17.1 Å². The van der Waals surface area contributed by atoms with Crippen molar-refractivity contribution in [1.29, 1.82) is 0 Å². The van der Waals surface area contributed by atoms with Gasteiger partial charge in [0.2, 0.25) is 16.0 Å². The topological polar surface area (TPSA) is 147 Å². The van der Waals surface area contributed by atoms with Gasteiger partial charge in [-0.05, 0) is 25.1 Å². The van der Waals surface area contributed by atoms with E-state index in [1.54, 1.807) is 24.3 Å². The molecule has 0 aliphatic heterocycles. The Balaban J connectivity index is 1.79. The second-order valence-corrected chi connectivity index (χ2v) is 9.40. The van der Waals surface area contributed by atoms with Gasteiger partial charge in [-0.25, -0.2) is 22.8 Å². The minimum atomic E-state index is -4.02. The zero-order valence-electron chi connectivity index (χ0n) is 19.0. The summed E-state index contributed by atoms with van der Waals surface area (Å²) in [7, 11) is -1.06. The van der Waals surface area contributed by atoms with E-state index in [1.165, 1.54) is 38.1 Å². The maximum absolute atomic E-state index is 13.2. The van der Waals surface area contributed by atoms with E-state index in [-0.39, 0.29) is 24.0 Å². The number of nitrogens with one attached hydrogen (secondary N) is 1. The van der Waals surface area contributed by atoms with Crippen molar-refractivity contribution in [3.8, 4) is 28.6 Å². The number of anilines is 1. The van der Waals surface area contributed by atoms with Gasteiger partial charge < -0.3 is 9.47 Å². The summed E-state index contributed by atoms with van der Waals surface area (Å²) >= 11 is 0. The monoisotopic (exact) mass is 500 g/mol. The molecule has 1 atom stereocenters. The smallest absolute Gasteiger partial charge is 0.243 e. The van der Waals surface area contributed by atoms with E-state index in [0.29, 0.717) is 22.7 Å². The normalized spacial score (nSPS) is 12.2. The van der Waals surface area contributed by atoms with E-state index in [0.717, 1.165) is 12.4 Å². The molecule has 12 nitrogen and oxygen atoms in total. The third-order valence-electron chi connectivity index (χ3n) is 5.04. The van der Waals surface area contributed by atoms with Gasteiger partial charge >= 0.3 is 0 Å². The van der Waals surface area contributed by atoms with Crippen molar-refractivity contribution < 1.29 is 22.3 Å². The summed E-state index contributed by atoms with van der Waals surface area (Å²) in [4.78, 5) is 7.67. The average molecular weight is 501 g/mol. The van der Waals surface area contributed by atoms with Crippen molar-refractivity contribution in [3.05, 3.63) is 60.7 Å². The fourth-order valence-corrected chi connectivity index (χ4v) is 4.22. The van der Waals surface area contributed by atoms with Gasteiger partial charge in [-0.15, -0.1) is 10.2 Å². The molecule has 14 heteroatoms. The fourth-order valence-electron chi connectivity index (χ4n) is 3.26. The van der Waals surface area contributed by atoms with Crippen molar-refractivity contribution in [3.63, 3.8) is 0 Å². The number of rotatable bonds is 9. The Hall–Kier alpha value is -4.20. The fraction of sp³-hybridized carbons (Fsp3) is 0.238. The highest BCUT2D eigenvalue weighted by Gasteiger charge is 2.28. The molecule has 0 spiro atoms. The summed E-state index contributed by atoms with van der Waals surface area (Å²) < 4.78 is 54.5. The zero-order valence-corrected chi connectivity index (χ0v) is 19.8. The highest BCUT2D eigenvalue weighted by Crippen LogP contribution is 2.37. The Kier molecular flexibility index (Phi) is 6.82. The number of ether oxygens (including phenoxy) is 2. The van der Waals surface area contributed by atoms with Crippen LogP contribution in [0, 0.1) is 5.82 Å². The first-order chi connectivity index (χ1) is 16.8. The van der Waals surface area contributed by atoms with E-state index >= 15 is 0 Å². The SMILES string of the molecule is COc1cccc(OC)c1-n1c(NS(=O)(=O)[C@@H](C)Cc2ncc(F)cn2)nnc1-c1ccnnc1. The lowest BCUT2D eigenvalue weighted by Gasteiger charge is -2.18. The molecule has 0 radical (unpaired) electrons. The molecule has 3 heterocycles. The molecule has 0 bridgehead atoms. The van der Waals surface area contributed by atoms with Crippen LogP contribution in [-0.4, -0.2) is 62.8 Å². The molecule has 35 heavy (non-hydrogen) atoms. The van der Waals surface area contributed by atoms with E-state index < -0.39 is 21.1 Å². The van der Waals surface area contributed by atoms with E-state index in [9.17, 15) is 12.8 Å². The molecule has 0 unspecified atom stereocenters. The number of halogens is 1. The predicted molar refractivity (Wildman–Crippen MR) is 123 cm³/mol. The molecular weight excluding hydrogens is 479 g/mol. The molecule has 4 rings (SSSR count). The first kappa shape index (κ1) is 23.9. The maximum atomic E-state index is 13.2. The Bertz CT molecular complexity index is 1390. The van der Waals surface area contributed by atoms with Crippen LogP contribution in [0.15, 0.2) is 49.1 Å². The summed E-state index contributed by atoms with van der Waals surface area (Å²) in [6.45, 7) is 1.48. The molecule has 0 aliphatic carbocycles. The number of nitrogens with zero attached hydrogens (tertiary/aromatic N) is 7. The summed E-state index contributed by atoms with van der Waals surface area (Å²) in [5.74, 6) is 0.516. The number of hydrogen-bond acceptors (Lipinski definition) is 10. The van der Waals surface area contributed by atoms with Crippen LogP contribution < -0.4 is 14.2 Å². The van der Waals surface area contributed by atoms with Crippen molar-refractivity contribution >= 4 is 16.0 Å². The van der Waals surface area contributed by atoms with Crippen LogP contribution in [0.1, 0.15) is 12.7 Å². The van der Waals surface area contributed by atoms with Crippen molar-refractivity contribution in [2.75, 3.05) is 18.9 Å². The standard InChI is InChI=1S/C21H21FN8O4S/c1-13(9-18-23-11-15(22)12-24-18)35(31,32)29-21-28-27-20(14-7-8-25-26-10-14)30(21)19-16(33-2)5-4-6-17(19)34-3/h4-8,10-13H,9H2,1-3H3,(H,28,29)/t13-/m0/s1. The molecule has 1 N–H and O–H groups in total. The maximum Gasteiger partial charge on any atom is 0.243 e. The molecule has 0 aliphatic rings. The van der Waals surface area contributed by atoms with Crippen molar-refractivity contribution in [2.45, 2.75) is 18.6 Å². The Morgan fingerprint density at radius 2 is 1.71 bits per heavy atom. The highest BCUT2D eigenvalue weighted by atomic mass is 32.2. The van der Waals surface area contributed by atoms with Crippen molar-refractivity contribution in [1.82, 2.24) is 34.9 Å². The third-order valence-corrected chi connectivity index (χ3v) is 6.73. The van der Waals surface area contributed by atoms with Crippen LogP contribution in [0.5, 0.6) is 11.5 Å². The lowest BCUT2D eigenvalue weighted by molar-refractivity contribution is 0.391. The van der Waals surface area contributed by atoms with Gasteiger partial charge in [0.25, 0.3) is 0 Å². The lowest BCUT2D eigenvalue weighted by Crippen LogP contribution is -2.29. The molecule has 0 amide bonds. The van der Waals surface area contributed by atoms with Crippen LogP contribution in [0.3, 0.4) is 0 Å². The van der Waals surface area contributed by atoms with Gasteiger partial charge in [0.1, 0.15) is 23.0 Å². The number of benzene rings is 1. The zero-order chi connectivity index (χ0) is 25.0. The number of sulfonamides is 1. The Labute approximate surface area is 200 Å². The minimum absolute atomic E-state index is 0.0527. The van der Waals surface area contributed by atoms with E-state index in [2.05, 4.69) is 35.1 Å². The van der Waals surface area contributed by atoms with Crippen LogP contribution in [0.4, 0.5) is 10.3 Å². The molecular formula is C21H21FN8O4S. The van der Waals surface area contributed by atoms with E-state index in [4.69, 9.17) is 9.47 Å². The van der Waals surface area contributed by atoms with Gasteiger partial charge in [0.15, 0.2) is 11.6 Å². The van der Waals surface area contributed by atoms with Crippen LogP contribution in [0.2, 0.25) is 0 Å². The van der Waals surface area contributed by atoms with Gasteiger partial charge in [-0.1, -0.05) is 6.07 Å². The molecule has 0 saturated carbocycles. The lowest BCUT2D eigenvalue weighted by atomic mass is 10.2. The van der Waals surface area contributed by atoms with E-state index in [1.807, 2.05) is 0 Å². The number of hydrogen-bond donors (Lipinski definition) is 1. The van der Waals surface area contributed by atoms with Crippen LogP contribution in [-0.2, 0) is 16.4 Å². The highest BCUT2D eigenvalue weighted by molar-refractivity contribution is 7.93. The largest absolute Gasteiger partial charge is 0.494 e. The van der Waals surface area contributed by atoms with Gasteiger partial charge in [-0.3, -0.25) is 9.29 Å². The van der Waals surface area contributed by atoms with Crippen LogP contribution >= 0.6 is 0 Å². The van der Waals surface area contributed by atoms with Gasteiger partial charge in [-0.2, -0.15) is 10.2 Å². The minimum Gasteiger partial charge on any atom is -0.494 e. The predicted octanol–water partition coefficient (Wildman–Crippen LogP) is 2.04. The van der Waals surface area contributed by atoms with Crippen molar-refractivity contribution in [2.24, 2.45) is 0 Å². The third kappa shape index (κ3) is 5.01. The summed E-state index contributed by atoms with van der Waals surface area (Å²) in [6, 6.07) is 6.77. The summed E-state index contributed by atoms with van der Waals surface area (Å²) in [6.07, 6.45) is 4.85. The molecule has 182 valence electrons. The second-order valence-electron chi connectivity index (χ2n) is 7.30. The molecule has 0 fully saturated rings. The number of aromatic nitrogens is 7. The van der Waals surface area contributed by atoms with Gasteiger partial charge in [0, 0.05) is 12.0 Å². The first-order valence-corrected chi connectivity index (χ1v) is 11.8. The molecule has 1 aromatic carbocycles. The summed E-state index contributed by atoms with van der Waals surface area (Å²) in [5, 5.41) is 14.9. The second kappa shape index (κ2) is 9.97. The summed E-state index contributed by atoms with van der Waals surface area (Å²) in [5.41, 5.74) is 0.903. The average Bonchev–Trinajstić information content (AvgIpc) is 3.27. The molecule has 4 aromatic rings. The molecule has 0 saturated heterocycles. The Morgan fingerprint density at radius 1 is 1.03 bits per heavy atom.